The molecular weight excluding hydrogens is 282 g/mol. The average Bonchev–Trinajstić information content (AvgIpc) is 2.30. The maximum absolute atomic E-state index is 11.3. The van der Waals surface area contributed by atoms with Crippen LogP contribution in [-0.4, -0.2) is 36.1 Å². The van der Waals surface area contributed by atoms with E-state index in [4.69, 9.17) is 0 Å². The van der Waals surface area contributed by atoms with Crippen molar-refractivity contribution in [1.82, 2.24) is 4.90 Å². The molecule has 0 saturated carbocycles. The van der Waals surface area contributed by atoms with Crippen molar-refractivity contribution in [2.24, 2.45) is 0 Å². The van der Waals surface area contributed by atoms with Gasteiger partial charge >= 0.3 is 5.97 Å². The van der Waals surface area contributed by atoms with Gasteiger partial charge in [-0.2, -0.15) is 0 Å². The van der Waals surface area contributed by atoms with E-state index >= 15 is 0 Å². The third-order valence-corrected chi connectivity index (χ3v) is 3.52. The molecule has 0 saturated heterocycles. The van der Waals surface area contributed by atoms with E-state index in [1.807, 2.05) is 36.2 Å². The molecule has 1 heterocycles. The lowest BCUT2D eigenvalue weighted by Crippen LogP contribution is -2.30. The summed E-state index contributed by atoms with van der Waals surface area (Å²) in [7, 11) is 1.95. The van der Waals surface area contributed by atoms with Crippen LogP contribution in [0.25, 0.3) is 5.57 Å². The number of carboxylic acids is 1. The zero-order valence-electron chi connectivity index (χ0n) is 9.61. The summed E-state index contributed by atoms with van der Waals surface area (Å²) in [6, 6.07) is 7.82. The monoisotopic (exact) mass is 295 g/mol. The van der Waals surface area contributed by atoms with Gasteiger partial charge in [0.2, 0.25) is 0 Å². The van der Waals surface area contributed by atoms with E-state index in [0.717, 1.165) is 28.6 Å². The molecule has 90 valence electrons. The van der Waals surface area contributed by atoms with E-state index in [1.165, 1.54) is 0 Å². The maximum Gasteiger partial charge on any atom is 0.333 e. The lowest BCUT2D eigenvalue weighted by Gasteiger charge is -2.26. The van der Waals surface area contributed by atoms with E-state index < -0.39 is 5.97 Å². The lowest BCUT2D eigenvalue weighted by molar-refractivity contribution is -0.132. The van der Waals surface area contributed by atoms with Crippen molar-refractivity contribution in [2.45, 2.75) is 6.42 Å². The van der Waals surface area contributed by atoms with Crippen molar-refractivity contribution in [3.8, 4) is 0 Å². The van der Waals surface area contributed by atoms with Crippen LogP contribution in [0, 0.1) is 0 Å². The number of aliphatic carboxylic acids is 1. The summed E-state index contributed by atoms with van der Waals surface area (Å²) in [4.78, 5) is 13.3. The summed E-state index contributed by atoms with van der Waals surface area (Å²) in [5.41, 5.74) is 2.49. The Hall–Kier alpha value is -1.13. The van der Waals surface area contributed by atoms with Crippen LogP contribution in [0.3, 0.4) is 0 Å². The van der Waals surface area contributed by atoms with Crippen molar-refractivity contribution in [3.05, 3.63) is 39.9 Å². The Balaban J connectivity index is 2.43. The molecule has 1 aliphatic heterocycles. The van der Waals surface area contributed by atoms with Gasteiger partial charge < -0.3 is 10.0 Å². The number of hydrogen-bond donors (Lipinski definition) is 1. The zero-order chi connectivity index (χ0) is 12.4. The molecule has 0 aliphatic carbocycles. The highest BCUT2D eigenvalue weighted by Gasteiger charge is 2.22. The summed E-state index contributed by atoms with van der Waals surface area (Å²) in [6.45, 7) is 1.42. The molecule has 0 spiro atoms. The van der Waals surface area contributed by atoms with Gasteiger partial charge in [0.1, 0.15) is 0 Å². The lowest BCUT2D eigenvalue weighted by atomic mass is 9.94. The second kappa shape index (κ2) is 5.02. The largest absolute Gasteiger partial charge is 0.478 e. The first-order chi connectivity index (χ1) is 8.08. The van der Waals surface area contributed by atoms with Crippen molar-refractivity contribution in [1.29, 1.82) is 0 Å². The molecule has 1 N–H and O–H groups in total. The summed E-state index contributed by atoms with van der Waals surface area (Å²) in [6.07, 6.45) is 0.791. The summed E-state index contributed by atoms with van der Waals surface area (Å²) in [5, 5.41) is 9.25. The molecule has 1 aliphatic rings. The first-order valence-corrected chi connectivity index (χ1v) is 6.27. The molecule has 0 radical (unpaired) electrons. The third kappa shape index (κ3) is 2.76. The van der Waals surface area contributed by atoms with Gasteiger partial charge in [-0.1, -0.05) is 28.1 Å². The normalized spacial score (nSPS) is 17.3. The number of carbonyl (C=O) groups is 1. The van der Waals surface area contributed by atoms with Crippen LogP contribution in [0.1, 0.15) is 12.0 Å². The number of nitrogens with zero attached hydrogens (tertiary/aromatic N) is 1. The molecule has 2 rings (SSSR count). The minimum absolute atomic E-state index is 0.515. The predicted molar refractivity (Wildman–Crippen MR) is 70.8 cm³/mol. The molecule has 0 atom stereocenters. The topological polar surface area (TPSA) is 40.5 Å². The fourth-order valence-corrected chi connectivity index (χ4v) is 2.33. The second-order valence-corrected chi connectivity index (χ2v) is 5.17. The minimum atomic E-state index is -0.811. The van der Waals surface area contributed by atoms with Gasteiger partial charge in [0.05, 0.1) is 5.57 Å². The molecule has 1 aromatic rings. The van der Waals surface area contributed by atoms with E-state index in [9.17, 15) is 9.90 Å². The Morgan fingerprint density at radius 1 is 1.35 bits per heavy atom. The third-order valence-electron chi connectivity index (χ3n) is 2.99. The summed E-state index contributed by atoms with van der Waals surface area (Å²) in [5.74, 6) is -0.811. The fourth-order valence-electron chi connectivity index (χ4n) is 2.06. The number of rotatable bonds is 2. The number of likely N-dealkylation sites (N-methyl/N-ethyl adjacent to an activating group) is 1. The molecule has 0 fully saturated rings. The predicted octanol–water partition coefficient (Wildman–Crippen LogP) is 2.62. The Bertz CT molecular complexity index is 465. The first-order valence-electron chi connectivity index (χ1n) is 5.47. The smallest absolute Gasteiger partial charge is 0.333 e. The highest BCUT2D eigenvalue weighted by atomic mass is 79.9. The van der Waals surface area contributed by atoms with Crippen LogP contribution < -0.4 is 0 Å². The van der Waals surface area contributed by atoms with Gasteiger partial charge in [-0.25, -0.2) is 4.79 Å². The van der Waals surface area contributed by atoms with Crippen molar-refractivity contribution >= 4 is 27.5 Å². The molecule has 1 aromatic carbocycles. The Morgan fingerprint density at radius 2 is 2.00 bits per heavy atom. The molecule has 0 unspecified atom stereocenters. The highest BCUT2D eigenvalue weighted by molar-refractivity contribution is 9.10. The van der Waals surface area contributed by atoms with E-state index in [-0.39, 0.29) is 0 Å². The fraction of sp³-hybridized carbons (Fsp3) is 0.308. The van der Waals surface area contributed by atoms with Gasteiger partial charge in [-0.3, -0.25) is 0 Å². The van der Waals surface area contributed by atoms with Crippen LogP contribution in [0.5, 0.6) is 0 Å². The van der Waals surface area contributed by atoms with Crippen LogP contribution in [0.2, 0.25) is 0 Å². The van der Waals surface area contributed by atoms with Crippen molar-refractivity contribution in [2.75, 3.05) is 20.1 Å². The van der Waals surface area contributed by atoms with Gasteiger partial charge in [-0.05, 0) is 36.7 Å². The average molecular weight is 296 g/mol. The van der Waals surface area contributed by atoms with Gasteiger partial charge in [0.15, 0.2) is 0 Å². The molecule has 3 nitrogen and oxygen atoms in total. The van der Waals surface area contributed by atoms with Crippen LogP contribution in [0.4, 0.5) is 0 Å². The van der Waals surface area contributed by atoms with Crippen LogP contribution in [0.15, 0.2) is 34.3 Å². The SMILES string of the molecule is CN1CCC(c2ccc(Br)cc2)=C(C(=O)O)C1. The molecular formula is C13H14BrNO2. The van der Waals surface area contributed by atoms with Crippen molar-refractivity contribution < 1.29 is 9.90 Å². The molecule has 0 amide bonds. The highest BCUT2D eigenvalue weighted by Crippen LogP contribution is 2.28. The van der Waals surface area contributed by atoms with Crippen LogP contribution >= 0.6 is 15.9 Å². The van der Waals surface area contributed by atoms with E-state index in [0.29, 0.717) is 12.1 Å². The van der Waals surface area contributed by atoms with E-state index in [2.05, 4.69) is 15.9 Å². The van der Waals surface area contributed by atoms with Crippen molar-refractivity contribution in [3.63, 3.8) is 0 Å². The molecule has 17 heavy (non-hydrogen) atoms. The van der Waals surface area contributed by atoms with Gasteiger partial charge in [0.25, 0.3) is 0 Å². The number of benzene rings is 1. The number of halogens is 1. The maximum atomic E-state index is 11.3. The van der Waals surface area contributed by atoms with Crippen LogP contribution in [-0.2, 0) is 4.79 Å². The molecule has 0 aromatic heterocycles. The van der Waals surface area contributed by atoms with Gasteiger partial charge in [-0.15, -0.1) is 0 Å². The number of carboxylic acid groups (broad SMARTS) is 1. The van der Waals surface area contributed by atoms with E-state index in [1.54, 1.807) is 0 Å². The van der Waals surface area contributed by atoms with Gasteiger partial charge in [0, 0.05) is 17.6 Å². The standard InChI is InChI=1S/C13H14BrNO2/c1-15-7-6-11(12(8-15)13(16)17)9-2-4-10(14)5-3-9/h2-5H,6-8H2,1H3,(H,16,17). The zero-order valence-corrected chi connectivity index (χ0v) is 11.2. The second-order valence-electron chi connectivity index (χ2n) is 4.26. The molecule has 4 heteroatoms. The Morgan fingerprint density at radius 3 is 2.59 bits per heavy atom. The summed E-state index contributed by atoms with van der Waals surface area (Å²) >= 11 is 3.38. The molecule has 0 bridgehead atoms. The summed E-state index contributed by atoms with van der Waals surface area (Å²) < 4.78 is 1.01. The Kier molecular flexibility index (Phi) is 3.64. The first kappa shape index (κ1) is 12.3. The number of hydrogen-bond acceptors (Lipinski definition) is 2. The quantitative estimate of drug-likeness (QED) is 0.912. The Labute approximate surface area is 109 Å². The minimum Gasteiger partial charge on any atom is -0.478 e.